The fraction of sp³-hybridized carbons (Fsp3) is 0.300. The first kappa shape index (κ1) is 18.4. The van der Waals surface area contributed by atoms with Crippen LogP contribution in [0.2, 0.25) is 5.02 Å². The minimum Gasteiger partial charge on any atom is -0.353 e. The number of benzene rings is 2. The molecule has 3 N–H and O–H groups in total. The summed E-state index contributed by atoms with van der Waals surface area (Å²) in [6.07, 6.45) is 0. The van der Waals surface area contributed by atoms with E-state index in [4.69, 9.17) is 11.6 Å². The molecular weight excluding hydrogens is 374 g/mol. The van der Waals surface area contributed by atoms with Gasteiger partial charge in [-0.2, -0.15) is 5.12 Å². The minimum absolute atomic E-state index is 0.638. The van der Waals surface area contributed by atoms with Gasteiger partial charge < -0.3 is 10.6 Å². The highest BCUT2D eigenvalue weighted by molar-refractivity contribution is 6.31. The van der Waals surface area contributed by atoms with Crippen molar-refractivity contribution in [3.05, 3.63) is 64.7 Å². The summed E-state index contributed by atoms with van der Waals surface area (Å²) in [6, 6.07) is 16.2. The maximum Gasteiger partial charge on any atom is 0.215 e. The molecule has 146 valence electrons. The number of halogens is 1. The molecule has 2 aliphatic heterocycles. The van der Waals surface area contributed by atoms with E-state index in [1.807, 2.05) is 48.4 Å². The number of aliphatic imine (C=N–C) groups is 2. The van der Waals surface area contributed by atoms with Crippen LogP contribution in [0, 0.1) is 6.92 Å². The van der Waals surface area contributed by atoms with Crippen LogP contribution >= 0.6 is 11.6 Å². The van der Waals surface area contributed by atoms with E-state index >= 15 is 0 Å². The highest BCUT2D eigenvalue weighted by Gasteiger charge is 2.26. The summed E-state index contributed by atoms with van der Waals surface area (Å²) in [5.41, 5.74) is 6.51. The molecule has 2 aromatic rings. The number of nitrogens with one attached hydrogen (secondary N) is 3. The lowest BCUT2D eigenvalue weighted by Crippen LogP contribution is -2.59. The van der Waals surface area contributed by atoms with Crippen molar-refractivity contribution in [1.82, 2.24) is 21.1 Å². The molecule has 0 saturated carbocycles. The van der Waals surface area contributed by atoms with Crippen molar-refractivity contribution in [2.45, 2.75) is 13.5 Å². The fourth-order valence-electron chi connectivity index (χ4n) is 3.20. The molecule has 0 aromatic heterocycles. The Labute approximate surface area is 170 Å². The Balaban J connectivity index is 1.74. The third-order valence-corrected chi connectivity index (χ3v) is 5.08. The summed E-state index contributed by atoms with van der Waals surface area (Å²) in [6.45, 7) is 5.80. The Morgan fingerprint density at radius 1 is 1.00 bits per heavy atom. The Hall–Kier alpha value is -2.93. The number of hydrazine groups is 2. The number of nitrogens with zero attached hydrogens (tertiary/aromatic N) is 4. The van der Waals surface area contributed by atoms with Gasteiger partial charge in [0.1, 0.15) is 0 Å². The predicted octanol–water partition coefficient (Wildman–Crippen LogP) is 2.30. The molecule has 2 heterocycles. The average molecular weight is 398 g/mol. The van der Waals surface area contributed by atoms with Crippen LogP contribution < -0.4 is 21.2 Å². The molecule has 2 aromatic carbocycles. The standard InChI is InChI=1S/C20H24ClN7/c1-15-17(21)8-5-9-18(15)28(26-19-22-10-11-23-19)27(20-24-12-13-25-20)14-16-6-3-2-4-7-16/h2-9H,10-14H2,1H3,(H,24,25)(H2,22,23,26). The first-order valence-corrected chi connectivity index (χ1v) is 9.80. The van der Waals surface area contributed by atoms with Gasteiger partial charge in [-0.1, -0.05) is 48.0 Å². The summed E-state index contributed by atoms with van der Waals surface area (Å²) in [5.74, 6) is 1.55. The zero-order valence-electron chi connectivity index (χ0n) is 15.8. The summed E-state index contributed by atoms with van der Waals surface area (Å²) in [5, 5.41) is 11.4. The minimum atomic E-state index is 0.638. The van der Waals surface area contributed by atoms with E-state index in [1.165, 1.54) is 5.56 Å². The maximum atomic E-state index is 6.43. The van der Waals surface area contributed by atoms with Crippen molar-refractivity contribution < 1.29 is 0 Å². The van der Waals surface area contributed by atoms with Crippen molar-refractivity contribution in [2.75, 3.05) is 31.3 Å². The van der Waals surface area contributed by atoms with Crippen LogP contribution in [0.25, 0.3) is 0 Å². The summed E-state index contributed by atoms with van der Waals surface area (Å²) >= 11 is 6.43. The molecule has 0 fully saturated rings. The molecular formula is C20H24ClN7. The van der Waals surface area contributed by atoms with Gasteiger partial charge in [0.15, 0.2) is 0 Å². The average Bonchev–Trinajstić information content (AvgIpc) is 3.42. The third kappa shape index (κ3) is 3.99. The molecule has 4 rings (SSSR count). The van der Waals surface area contributed by atoms with Crippen LogP contribution in [0.1, 0.15) is 11.1 Å². The van der Waals surface area contributed by atoms with Crippen LogP contribution in [0.15, 0.2) is 58.5 Å². The number of hydrogen-bond acceptors (Lipinski definition) is 7. The molecule has 2 aliphatic rings. The first-order chi connectivity index (χ1) is 13.7. The maximum absolute atomic E-state index is 6.43. The third-order valence-electron chi connectivity index (χ3n) is 4.67. The molecule has 0 amide bonds. The van der Waals surface area contributed by atoms with Crippen molar-refractivity contribution in [1.29, 1.82) is 0 Å². The molecule has 7 nitrogen and oxygen atoms in total. The zero-order chi connectivity index (χ0) is 19.3. The second kappa shape index (κ2) is 8.39. The largest absolute Gasteiger partial charge is 0.353 e. The molecule has 0 atom stereocenters. The summed E-state index contributed by atoms with van der Waals surface area (Å²) < 4.78 is 0. The topological polar surface area (TPSA) is 67.3 Å². The van der Waals surface area contributed by atoms with Crippen LogP contribution in [-0.2, 0) is 6.54 Å². The second-order valence-corrected chi connectivity index (χ2v) is 7.05. The molecule has 0 spiro atoms. The van der Waals surface area contributed by atoms with Gasteiger partial charge in [0.05, 0.1) is 25.3 Å². The van der Waals surface area contributed by atoms with Crippen LogP contribution in [-0.4, -0.2) is 43.1 Å². The van der Waals surface area contributed by atoms with Crippen molar-refractivity contribution in [3.8, 4) is 0 Å². The van der Waals surface area contributed by atoms with Crippen LogP contribution in [0.3, 0.4) is 0 Å². The van der Waals surface area contributed by atoms with Gasteiger partial charge in [0, 0.05) is 18.1 Å². The predicted molar refractivity (Wildman–Crippen MR) is 114 cm³/mol. The van der Waals surface area contributed by atoms with E-state index in [-0.39, 0.29) is 0 Å². The lowest BCUT2D eigenvalue weighted by Gasteiger charge is -2.38. The highest BCUT2D eigenvalue weighted by atomic mass is 35.5. The van der Waals surface area contributed by atoms with E-state index in [2.05, 4.69) is 43.2 Å². The lowest BCUT2D eigenvalue weighted by molar-refractivity contribution is 0.347. The number of guanidine groups is 2. The van der Waals surface area contributed by atoms with Gasteiger partial charge in [-0.3, -0.25) is 0 Å². The van der Waals surface area contributed by atoms with E-state index < -0.39 is 0 Å². The molecule has 0 saturated heterocycles. The van der Waals surface area contributed by atoms with Gasteiger partial charge >= 0.3 is 0 Å². The summed E-state index contributed by atoms with van der Waals surface area (Å²) in [7, 11) is 0. The Bertz CT molecular complexity index is 881. The molecule has 8 heteroatoms. The van der Waals surface area contributed by atoms with E-state index in [9.17, 15) is 0 Å². The molecule has 28 heavy (non-hydrogen) atoms. The fourth-order valence-corrected chi connectivity index (χ4v) is 3.37. The number of hydrogen-bond donors (Lipinski definition) is 3. The Kier molecular flexibility index (Phi) is 5.53. The van der Waals surface area contributed by atoms with Crippen molar-refractivity contribution >= 4 is 29.2 Å². The molecule has 0 unspecified atom stereocenters. The first-order valence-electron chi connectivity index (χ1n) is 9.42. The monoisotopic (exact) mass is 397 g/mol. The van der Waals surface area contributed by atoms with Crippen LogP contribution in [0.4, 0.5) is 5.69 Å². The molecule has 0 radical (unpaired) electrons. The van der Waals surface area contributed by atoms with Crippen molar-refractivity contribution in [2.24, 2.45) is 9.98 Å². The van der Waals surface area contributed by atoms with E-state index in [0.717, 1.165) is 49.3 Å². The summed E-state index contributed by atoms with van der Waals surface area (Å²) in [4.78, 5) is 9.16. The highest BCUT2D eigenvalue weighted by Crippen LogP contribution is 2.27. The SMILES string of the molecule is Cc1c(Cl)cccc1N(NC1=NCCN1)N(Cc1ccccc1)C1=NCCN1. The molecule has 0 aliphatic carbocycles. The normalized spacial score (nSPS) is 15.4. The zero-order valence-corrected chi connectivity index (χ0v) is 16.6. The molecule has 0 bridgehead atoms. The van der Waals surface area contributed by atoms with Crippen molar-refractivity contribution in [3.63, 3.8) is 0 Å². The Morgan fingerprint density at radius 3 is 2.50 bits per heavy atom. The quantitative estimate of drug-likeness (QED) is 0.675. The van der Waals surface area contributed by atoms with Gasteiger partial charge in [-0.05, 0) is 30.2 Å². The van der Waals surface area contributed by atoms with Gasteiger partial charge in [0.25, 0.3) is 0 Å². The van der Waals surface area contributed by atoms with Gasteiger partial charge in [-0.15, -0.1) is 0 Å². The Morgan fingerprint density at radius 2 is 1.79 bits per heavy atom. The van der Waals surface area contributed by atoms with Gasteiger partial charge in [-0.25, -0.2) is 20.4 Å². The number of rotatable bonds is 5. The van der Waals surface area contributed by atoms with Crippen LogP contribution in [0.5, 0.6) is 0 Å². The number of anilines is 1. The van der Waals surface area contributed by atoms with Gasteiger partial charge in [0.2, 0.25) is 11.9 Å². The van der Waals surface area contributed by atoms with E-state index in [1.54, 1.807) is 0 Å². The second-order valence-electron chi connectivity index (χ2n) is 6.64. The lowest BCUT2D eigenvalue weighted by atomic mass is 10.2. The van der Waals surface area contributed by atoms with E-state index in [0.29, 0.717) is 11.6 Å². The smallest absolute Gasteiger partial charge is 0.215 e.